The highest BCUT2D eigenvalue weighted by atomic mass is 79.9. The molecule has 0 radical (unpaired) electrons. The van der Waals surface area contributed by atoms with Gasteiger partial charge in [0, 0.05) is 23.2 Å². The Kier molecular flexibility index (Phi) is 3.81. The Labute approximate surface area is 128 Å². The molecule has 1 aliphatic heterocycles. The van der Waals surface area contributed by atoms with Crippen LogP contribution in [0.5, 0.6) is 0 Å². The Balaban J connectivity index is 1.86. The molecule has 20 heavy (non-hydrogen) atoms. The maximum atomic E-state index is 9.69. The van der Waals surface area contributed by atoms with Gasteiger partial charge in [-0.1, -0.05) is 46.3 Å². The van der Waals surface area contributed by atoms with Crippen LogP contribution < -0.4 is 4.90 Å². The van der Waals surface area contributed by atoms with Gasteiger partial charge in [-0.25, -0.2) is 0 Å². The van der Waals surface area contributed by atoms with Crippen LogP contribution in [0.15, 0.2) is 46.9 Å². The van der Waals surface area contributed by atoms with Crippen molar-refractivity contribution in [2.75, 3.05) is 11.4 Å². The number of halogens is 1. The molecular weight excluding hydrogens is 314 g/mol. The zero-order valence-corrected chi connectivity index (χ0v) is 13.1. The molecule has 3 rings (SSSR count). The quantitative estimate of drug-likeness (QED) is 0.896. The SMILES string of the molecule is C[C@H](O)c1ccc(N2CCc3ccccc3C2)cc1Br. The molecule has 2 aromatic carbocycles. The average Bonchev–Trinajstić information content (AvgIpc) is 2.46. The van der Waals surface area contributed by atoms with E-state index in [1.54, 1.807) is 6.92 Å². The first-order valence-corrected chi connectivity index (χ1v) is 7.73. The summed E-state index contributed by atoms with van der Waals surface area (Å²) in [5.41, 5.74) is 5.01. The minimum absolute atomic E-state index is 0.444. The van der Waals surface area contributed by atoms with Gasteiger partial charge in [0.15, 0.2) is 0 Å². The predicted molar refractivity (Wildman–Crippen MR) is 86.0 cm³/mol. The van der Waals surface area contributed by atoms with E-state index in [0.717, 1.165) is 29.5 Å². The van der Waals surface area contributed by atoms with Crippen molar-refractivity contribution < 1.29 is 5.11 Å². The van der Waals surface area contributed by atoms with E-state index in [4.69, 9.17) is 0 Å². The van der Waals surface area contributed by atoms with E-state index in [1.165, 1.54) is 16.8 Å². The van der Waals surface area contributed by atoms with Crippen LogP contribution in [0.1, 0.15) is 29.7 Å². The lowest BCUT2D eigenvalue weighted by Gasteiger charge is -2.31. The molecule has 0 saturated heterocycles. The molecule has 0 fully saturated rings. The first-order chi connectivity index (χ1) is 9.65. The van der Waals surface area contributed by atoms with Gasteiger partial charge in [0.1, 0.15) is 0 Å². The lowest BCUT2D eigenvalue weighted by Crippen LogP contribution is -2.30. The maximum absolute atomic E-state index is 9.69. The summed E-state index contributed by atoms with van der Waals surface area (Å²) in [6.07, 6.45) is 0.645. The van der Waals surface area contributed by atoms with Gasteiger partial charge in [-0.05, 0) is 42.2 Å². The molecule has 1 aliphatic rings. The number of nitrogens with zero attached hydrogens (tertiary/aromatic N) is 1. The molecule has 2 nitrogen and oxygen atoms in total. The van der Waals surface area contributed by atoms with Crippen LogP contribution in [-0.4, -0.2) is 11.7 Å². The zero-order valence-electron chi connectivity index (χ0n) is 11.5. The van der Waals surface area contributed by atoms with Crippen LogP contribution in [0.2, 0.25) is 0 Å². The highest BCUT2D eigenvalue weighted by molar-refractivity contribution is 9.10. The molecule has 0 saturated carbocycles. The molecule has 1 atom stereocenters. The van der Waals surface area contributed by atoms with Crippen molar-refractivity contribution >= 4 is 21.6 Å². The number of anilines is 1. The van der Waals surface area contributed by atoms with E-state index < -0.39 is 6.10 Å². The number of aliphatic hydroxyl groups excluding tert-OH is 1. The summed E-state index contributed by atoms with van der Waals surface area (Å²) in [5, 5.41) is 9.69. The van der Waals surface area contributed by atoms with Crippen molar-refractivity contribution in [3.8, 4) is 0 Å². The molecule has 1 N–H and O–H groups in total. The second-order valence-electron chi connectivity index (χ2n) is 5.32. The van der Waals surface area contributed by atoms with Gasteiger partial charge in [-0.3, -0.25) is 0 Å². The minimum atomic E-state index is -0.444. The number of aliphatic hydroxyl groups is 1. The Hall–Kier alpha value is -1.32. The molecule has 0 aromatic heterocycles. The van der Waals surface area contributed by atoms with Crippen molar-refractivity contribution in [1.82, 2.24) is 0 Å². The van der Waals surface area contributed by atoms with Crippen molar-refractivity contribution in [3.05, 3.63) is 63.6 Å². The van der Waals surface area contributed by atoms with E-state index in [2.05, 4.69) is 57.2 Å². The molecular formula is C17H18BrNO. The number of benzene rings is 2. The summed E-state index contributed by atoms with van der Waals surface area (Å²) in [5.74, 6) is 0. The summed E-state index contributed by atoms with van der Waals surface area (Å²) in [4.78, 5) is 2.39. The van der Waals surface area contributed by atoms with E-state index in [-0.39, 0.29) is 0 Å². The lowest BCUT2D eigenvalue weighted by atomic mass is 9.99. The van der Waals surface area contributed by atoms with Crippen LogP contribution in [0, 0.1) is 0 Å². The Morgan fingerprint density at radius 1 is 1.15 bits per heavy atom. The number of fused-ring (bicyclic) bond motifs is 1. The molecule has 0 amide bonds. The molecule has 0 unspecified atom stereocenters. The third-order valence-corrected chi connectivity index (χ3v) is 4.62. The smallest absolute Gasteiger partial charge is 0.0772 e. The first-order valence-electron chi connectivity index (χ1n) is 6.94. The van der Waals surface area contributed by atoms with E-state index in [1.807, 2.05) is 6.07 Å². The molecule has 104 valence electrons. The second-order valence-corrected chi connectivity index (χ2v) is 6.18. The third-order valence-electron chi connectivity index (χ3n) is 3.93. The molecule has 3 heteroatoms. The molecule has 0 aliphatic carbocycles. The topological polar surface area (TPSA) is 23.5 Å². The number of hydrogen-bond acceptors (Lipinski definition) is 2. The predicted octanol–water partition coefficient (Wildman–Crippen LogP) is 4.07. The molecule has 2 aromatic rings. The van der Waals surface area contributed by atoms with E-state index >= 15 is 0 Å². The van der Waals surface area contributed by atoms with E-state index in [0.29, 0.717) is 0 Å². The van der Waals surface area contributed by atoms with Gasteiger partial charge in [-0.15, -0.1) is 0 Å². The van der Waals surface area contributed by atoms with Crippen molar-refractivity contribution in [2.24, 2.45) is 0 Å². The first kappa shape index (κ1) is 13.7. The van der Waals surface area contributed by atoms with Crippen molar-refractivity contribution in [2.45, 2.75) is 26.0 Å². The van der Waals surface area contributed by atoms with Crippen LogP contribution in [-0.2, 0) is 13.0 Å². The summed E-state index contributed by atoms with van der Waals surface area (Å²) in [6.45, 7) is 3.78. The highest BCUT2D eigenvalue weighted by Crippen LogP contribution is 2.30. The normalized spacial score (nSPS) is 15.8. The summed E-state index contributed by atoms with van der Waals surface area (Å²) in [6, 6.07) is 14.9. The Bertz CT molecular complexity index is 624. The molecule has 1 heterocycles. The Morgan fingerprint density at radius 2 is 1.90 bits per heavy atom. The minimum Gasteiger partial charge on any atom is -0.389 e. The highest BCUT2D eigenvalue weighted by Gasteiger charge is 2.17. The van der Waals surface area contributed by atoms with E-state index in [9.17, 15) is 5.11 Å². The summed E-state index contributed by atoms with van der Waals surface area (Å²) < 4.78 is 0.976. The average molecular weight is 332 g/mol. The molecule has 0 spiro atoms. The van der Waals surface area contributed by atoms with Gasteiger partial charge in [0.25, 0.3) is 0 Å². The monoisotopic (exact) mass is 331 g/mol. The largest absolute Gasteiger partial charge is 0.389 e. The van der Waals surface area contributed by atoms with Crippen molar-refractivity contribution in [3.63, 3.8) is 0 Å². The summed E-state index contributed by atoms with van der Waals surface area (Å²) in [7, 11) is 0. The van der Waals surface area contributed by atoms with Gasteiger partial charge in [-0.2, -0.15) is 0 Å². The number of rotatable bonds is 2. The van der Waals surface area contributed by atoms with Crippen LogP contribution in [0.4, 0.5) is 5.69 Å². The van der Waals surface area contributed by atoms with Crippen LogP contribution in [0.3, 0.4) is 0 Å². The fourth-order valence-electron chi connectivity index (χ4n) is 2.77. The van der Waals surface area contributed by atoms with Gasteiger partial charge >= 0.3 is 0 Å². The van der Waals surface area contributed by atoms with Crippen LogP contribution in [0.25, 0.3) is 0 Å². The maximum Gasteiger partial charge on any atom is 0.0772 e. The summed E-state index contributed by atoms with van der Waals surface area (Å²) >= 11 is 3.56. The Morgan fingerprint density at radius 3 is 2.60 bits per heavy atom. The standard InChI is InChI=1S/C17H18BrNO/c1-12(20)16-7-6-15(10-17(16)18)19-9-8-13-4-2-3-5-14(13)11-19/h2-7,10,12,20H,8-9,11H2,1H3/t12-/m0/s1. The van der Waals surface area contributed by atoms with Gasteiger partial charge in [0.2, 0.25) is 0 Å². The number of hydrogen-bond donors (Lipinski definition) is 1. The molecule has 0 bridgehead atoms. The third kappa shape index (κ3) is 2.60. The fraction of sp³-hybridized carbons (Fsp3) is 0.294. The van der Waals surface area contributed by atoms with Gasteiger partial charge in [0.05, 0.1) is 6.10 Å². The van der Waals surface area contributed by atoms with Gasteiger partial charge < -0.3 is 10.0 Å². The fourth-order valence-corrected chi connectivity index (χ4v) is 3.47. The lowest BCUT2D eigenvalue weighted by molar-refractivity contribution is 0.198. The second kappa shape index (κ2) is 5.58. The van der Waals surface area contributed by atoms with Crippen molar-refractivity contribution in [1.29, 1.82) is 0 Å². The van der Waals surface area contributed by atoms with Crippen LogP contribution >= 0.6 is 15.9 Å². The zero-order chi connectivity index (χ0) is 14.1.